The molecule has 8 heteroatoms. The Hall–Kier alpha value is -3.38. The lowest BCUT2D eigenvalue weighted by molar-refractivity contribution is 0.0346. The van der Waals surface area contributed by atoms with Gasteiger partial charge in [-0.2, -0.15) is 5.26 Å². The van der Waals surface area contributed by atoms with Crippen LogP contribution in [0.2, 0.25) is 5.02 Å². The Labute approximate surface area is 241 Å². The third-order valence-corrected chi connectivity index (χ3v) is 9.22. The van der Waals surface area contributed by atoms with Crippen LogP contribution in [0.4, 0.5) is 11.4 Å². The number of aromatic nitrogens is 1. The van der Waals surface area contributed by atoms with Crippen LogP contribution in [0.15, 0.2) is 94.9 Å². The van der Waals surface area contributed by atoms with E-state index in [-0.39, 0.29) is 0 Å². The van der Waals surface area contributed by atoms with Crippen molar-refractivity contribution in [1.29, 1.82) is 5.26 Å². The van der Waals surface area contributed by atoms with Gasteiger partial charge < -0.3 is 10.1 Å². The van der Waals surface area contributed by atoms with E-state index in [9.17, 15) is 5.26 Å². The molecule has 2 aromatic heterocycles. The van der Waals surface area contributed by atoms with Gasteiger partial charge in [0.2, 0.25) is 0 Å². The first-order chi connectivity index (χ1) is 19.2. The summed E-state index contributed by atoms with van der Waals surface area (Å²) < 4.78 is 5.47. The zero-order valence-electron chi connectivity index (χ0n) is 21.1. The summed E-state index contributed by atoms with van der Waals surface area (Å²) in [5.74, 6) is 0. The van der Waals surface area contributed by atoms with Gasteiger partial charge >= 0.3 is 0 Å². The van der Waals surface area contributed by atoms with Crippen molar-refractivity contribution in [2.45, 2.75) is 16.3 Å². The minimum atomic E-state index is 0.484. The Balaban J connectivity index is 1.25. The summed E-state index contributed by atoms with van der Waals surface area (Å²) in [6, 6.07) is 28.9. The number of morpholine rings is 1. The number of hydrogen-bond acceptors (Lipinski definition) is 7. The fourth-order valence-corrected chi connectivity index (χ4v) is 6.77. The largest absolute Gasteiger partial charge is 0.379 e. The highest BCUT2D eigenvalue weighted by atomic mass is 35.5. The Kier molecular flexibility index (Phi) is 7.82. The van der Waals surface area contributed by atoms with Crippen LogP contribution in [-0.4, -0.2) is 36.2 Å². The molecule has 5 aromatic rings. The van der Waals surface area contributed by atoms with Gasteiger partial charge in [0.15, 0.2) is 0 Å². The molecule has 0 amide bonds. The molecule has 0 atom stereocenters. The van der Waals surface area contributed by atoms with E-state index in [4.69, 9.17) is 16.3 Å². The summed E-state index contributed by atoms with van der Waals surface area (Å²) in [4.78, 5) is 11.7. The van der Waals surface area contributed by atoms with Crippen molar-refractivity contribution in [2.75, 3.05) is 31.6 Å². The van der Waals surface area contributed by atoms with Crippen molar-refractivity contribution >= 4 is 57.0 Å². The molecule has 0 aliphatic carbocycles. The first kappa shape index (κ1) is 25.9. The minimum Gasteiger partial charge on any atom is -0.379 e. The first-order valence-electron chi connectivity index (χ1n) is 12.7. The summed E-state index contributed by atoms with van der Waals surface area (Å²) >= 11 is 10.1. The van der Waals surface area contributed by atoms with E-state index < -0.39 is 0 Å². The van der Waals surface area contributed by atoms with Crippen LogP contribution < -0.4 is 5.32 Å². The van der Waals surface area contributed by atoms with E-state index in [1.807, 2.05) is 53.8 Å². The topological polar surface area (TPSA) is 61.2 Å². The molecule has 3 heterocycles. The fraction of sp³-hybridized carbons (Fsp3) is 0.161. The number of anilines is 2. The normalized spacial score (nSPS) is 13.8. The number of nitrogens with zero attached hydrogens (tertiary/aromatic N) is 3. The summed E-state index contributed by atoms with van der Waals surface area (Å²) in [6.07, 6.45) is 1.63. The van der Waals surface area contributed by atoms with Crippen LogP contribution in [0.1, 0.15) is 10.4 Å². The lowest BCUT2D eigenvalue weighted by Gasteiger charge is -2.25. The van der Waals surface area contributed by atoms with Gasteiger partial charge in [0.25, 0.3) is 0 Å². The highest BCUT2D eigenvalue weighted by Gasteiger charge is 2.15. The second-order valence-electron chi connectivity index (χ2n) is 9.23. The molecule has 1 aliphatic heterocycles. The Morgan fingerprint density at radius 1 is 1.03 bits per heavy atom. The number of nitrogens with one attached hydrogen (secondary N) is 1. The Morgan fingerprint density at radius 3 is 2.67 bits per heavy atom. The number of halogens is 1. The average Bonchev–Trinajstić information content (AvgIpc) is 3.44. The van der Waals surface area contributed by atoms with E-state index in [2.05, 4.69) is 57.7 Å². The molecular formula is C31H25ClN4OS2. The fourth-order valence-electron chi connectivity index (χ4n) is 4.59. The van der Waals surface area contributed by atoms with Gasteiger partial charge in [-0.25, -0.2) is 0 Å². The van der Waals surface area contributed by atoms with Crippen molar-refractivity contribution < 1.29 is 4.74 Å². The predicted octanol–water partition coefficient (Wildman–Crippen LogP) is 8.22. The van der Waals surface area contributed by atoms with Crippen molar-refractivity contribution in [3.63, 3.8) is 0 Å². The Morgan fingerprint density at radius 2 is 1.87 bits per heavy atom. The number of ether oxygens (including phenoxy) is 1. The SMILES string of the molecule is N#Cc1cnc2cc(-c3ccc(CN4CCOCC4)s3)ccc2c1Nc1ccc(Sc2ccccc2)c(Cl)c1. The molecule has 6 rings (SSSR count). The van der Waals surface area contributed by atoms with Crippen molar-refractivity contribution in [3.05, 3.63) is 101 Å². The molecule has 194 valence electrons. The van der Waals surface area contributed by atoms with Crippen LogP contribution in [0, 0.1) is 11.3 Å². The van der Waals surface area contributed by atoms with Crippen LogP contribution in [-0.2, 0) is 11.3 Å². The molecule has 1 N–H and O–H groups in total. The average molecular weight is 569 g/mol. The highest BCUT2D eigenvalue weighted by molar-refractivity contribution is 7.99. The maximum absolute atomic E-state index is 9.82. The smallest absolute Gasteiger partial charge is 0.103 e. The van der Waals surface area contributed by atoms with Crippen molar-refractivity contribution in [3.8, 4) is 16.5 Å². The number of nitriles is 1. The molecule has 0 radical (unpaired) electrons. The molecule has 0 spiro atoms. The van der Waals surface area contributed by atoms with Crippen LogP contribution >= 0.6 is 34.7 Å². The van der Waals surface area contributed by atoms with E-state index in [0.717, 1.165) is 70.5 Å². The predicted molar refractivity (Wildman–Crippen MR) is 161 cm³/mol. The van der Waals surface area contributed by atoms with E-state index >= 15 is 0 Å². The number of thiophene rings is 1. The zero-order valence-corrected chi connectivity index (χ0v) is 23.5. The maximum atomic E-state index is 9.82. The molecule has 0 saturated carbocycles. The van der Waals surface area contributed by atoms with Gasteiger partial charge in [0.1, 0.15) is 6.07 Å². The van der Waals surface area contributed by atoms with Gasteiger partial charge in [-0.3, -0.25) is 9.88 Å². The molecule has 1 saturated heterocycles. The number of benzene rings is 3. The van der Waals surface area contributed by atoms with Crippen molar-refractivity contribution in [2.24, 2.45) is 0 Å². The zero-order chi connectivity index (χ0) is 26.6. The number of pyridine rings is 1. The standard InChI is InChI=1S/C31H25ClN4OS2/c32-27-17-23(7-10-30(27)38-24-4-2-1-3-5-24)35-31-22(18-33)19-34-28-16-21(6-9-26(28)31)29-11-8-25(39-29)20-36-12-14-37-15-13-36/h1-11,16-17,19H,12-15,20H2,(H,34,35). The minimum absolute atomic E-state index is 0.484. The lowest BCUT2D eigenvalue weighted by Crippen LogP contribution is -2.35. The molecular weight excluding hydrogens is 544 g/mol. The molecule has 1 fully saturated rings. The third kappa shape index (κ3) is 5.96. The van der Waals surface area contributed by atoms with Crippen molar-refractivity contribution in [1.82, 2.24) is 9.88 Å². The third-order valence-electron chi connectivity index (χ3n) is 6.59. The van der Waals surface area contributed by atoms with E-state index in [1.54, 1.807) is 18.0 Å². The molecule has 0 bridgehead atoms. The highest BCUT2D eigenvalue weighted by Crippen LogP contribution is 2.38. The van der Waals surface area contributed by atoms with Crippen LogP contribution in [0.25, 0.3) is 21.3 Å². The van der Waals surface area contributed by atoms with Gasteiger partial charge in [0.05, 0.1) is 35.0 Å². The van der Waals surface area contributed by atoms with Gasteiger partial charge in [-0.15, -0.1) is 11.3 Å². The molecule has 5 nitrogen and oxygen atoms in total. The summed E-state index contributed by atoms with van der Waals surface area (Å²) in [5.41, 5.74) is 3.98. The molecule has 1 aliphatic rings. The number of rotatable bonds is 7. The van der Waals surface area contributed by atoms with E-state index in [0.29, 0.717) is 10.6 Å². The van der Waals surface area contributed by atoms with Gasteiger partial charge in [-0.1, -0.05) is 53.7 Å². The van der Waals surface area contributed by atoms with Crippen LogP contribution in [0.5, 0.6) is 0 Å². The second-order valence-corrected chi connectivity index (χ2v) is 11.9. The lowest BCUT2D eigenvalue weighted by atomic mass is 10.1. The molecule has 39 heavy (non-hydrogen) atoms. The maximum Gasteiger partial charge on any atom is 0.103 e. The van der Waals surface area contributed by atoms with E-state index in [1.165, 1.54) is 9.75 Å². The second kappa shape index (κ2) is 11.8. The van der Waals surface area contributed by atoms with Crippen LogP contribution in [0.3, 0.4) is 0 Å². The summed E-state index contributed by atoms with van der Waals surface area (Å²) in [7, 11) is 0. The van der Waals surface area contributed by atoms with Gasteiger partial charge in [-0.05, 0) is 54.1 Å². The van der Waals surface area contributed by atoms with Gasteiger partial charge in [0, 0.05) is 56.4 Å². The quantitative estimate of drug-likeness (QED) is 0.213. The number of fused-ring (bicyclic) bond motifs is 1. The monoisotopic (exact) mass is 568 g/mol. The Bertz CT molecular complexity index is 1660. The summed E-state index contributed by atoms with van der Waals surface area (Å²) in [5, 5.41) is 14.8. The first-order valence-corrected chi connectivity index (χ1v) is 14.7. The molecule has 0 unspecified atom stereocenters. The summed E-state index contributed by atoms with van der Waals surface area (Å²) in [6.45, 7) is 4.51. The number of hydrogen-bond donors (Lipinski definition) is 1. The molecule has 3 aromatic carbocycles.